The van der Waals surface area contributed by atoms with Crippen LogP contribution in [-0.2, 0) is 4.74 Å². The van der Waals surface area contributed by atoms with E-state index >= 15 is 0 Å². The Hall–Kier alpha value is -1.65. The Morgan fingerprint density at radius 3 is 3.00 bits per heavy atom. The maximum Gasteiger partial charge on any atom is 0.358 e. The summed E-state index contributed by atoms with van der Waals surface area (Å²) in [6.07, 6.45) is 1.42. The first-order chi connectivity index (χ1) is 6.27. The summed E-state index contributed by atoms with van der Waals surface area (Å²) in [5, 5.41) is 7.18. The van der Waals surface area contributed by atoms with Gasteiger partial charge in [-0.1, -0.05) is 0 Å². The second-order valence-corrected chi connectivity index (χ2v) is 2.20. The molecule has 0 atom stereocenters. The minimum Gasteiger partial charge on any atom is -0.495 e. The first kappa shape index (κ1) is 9.44. The van der Waals surface area contributed by atoms with E-state index in [1.165, 1.54) is 19.4 Å². The van der Waals surface area contributed by atoms with Crippen LogP contribution in [0.3, 0.4) is 0 Å². The zero-order chi connectivity index (χ0) is 9.68. The molecule has 1 heterocycles. The third-order valence-electron chi connectivity index (χ3n) is 1.35. The van der Waals surface area contributed by atoms with E-state index in [0.29, 0.717) is 12.4 Å². The van der Waals surface area contributed by atoms with Gasteiger partial charge in [0.25, 0.3) is 0 Å². The van der Waals surface area contributed by atoms with Crippen LogP contribution in [0, 0.1) is 0 Å². The van der Waals surface area contributed by atoms with Gasteiger partial charge in [0.15, 0.2) is 5.69 Å². The summed E-state index contributed by atoms with van der Waals surface area (Å²) in [6.45, 7) is 2.04. The summed E-state index contributed by atoms with van der Waals surface area (Å²) >= 11 is 0. The maximum atomic E-state index is 11.1. The van der Waals surface area contributed by atoms with Crippen LogP contribution >= 0.6 is 0 Å². The minimum atomic E-state index is -0.492. The summed E-state index contributed by atoms with van der Waals surface area (Å²) in [7, 11) is 1.49. The third kappa shape index (κ3) is 2.40. The van der Waals surface area contributed by atoms with Crippen molar-refractivity contribution in [2.24, 2.45) is 0 Å². The van der Waals surface area contributed by atoms with Gasteiger partial charge in [0, 0.05) is 6.07 Å². The van der Waals surface area contributed by atoms with Crippen LogP contribution in [0.5, 0.6) is 5.75 Å². The Bertz CT molecular complexity index is 301. The number of ether oxygens (including phenoxy) is 2. The number of methoxy groups -OCH3 is 1. The zero-order valence-electron chi connectivity index (χ0n) is 7.48. The van der Waals surface area contributed by atoms with Crippen LogP contribution in [0.4, 0.5) is 0 Å². The van der Waals surface area contributed by atoms with Gasteiger partial charge in [-0.15, -0.1) is 5.10 Å². The van der Waals surface area contributed by atoms with E-state index < -0.39 is 5.97 Å². The normalized spacial score (nSPS) is 9.38. The fourth-order valence-corrected chi connectivity index (χ4v) is 0.765. The molecule has 5 heteroatoms. The van der Waals surface area contributed by atoms with E-state index in [0.717, 1.165) is 0 Å². The first-order valence-corrected chi connectivity index (χ1v) is 3.81. The van der Waals surface area contributed by atoms with Crippen molar-refractivity contribution in [2.45, 2.75) is 6.92 Å². The van der Waals surface area contributed by atoms with Crippen molar-refractivity contribution in [3.05, 3.63) is 18.0 Å². The second-order valence-electron chi connectivity index (χ2n) is 2.20. The molecule has 5 nitrogen and oxygen atoms in total. The molecule has 0 aliphatic carbocycles. The van der Waals surface area contributed by atoms with Crippen LogP contribution < -0.4 is 4.74 Å². The standard InChI is InChI=1S/C8H10N2O3/c1-3-13-8(11)7-4-6(12-2)5-9-10-7/h4-5H,3H2,1-2H3. The van der Waals surface area contributed by atoms with Crippen LogP contribution in [0.15, 0.2) is 12.3 Å². The van der Waals surface area contributed by atoms with E-state index in [1.807, 2.05) is 0 Å². The maximum absolute atomic E-state index is 11.1. The first-order valence-electron chi connectivity index (χ1n) is 3.81. The van der Waals surface area contributed by atoms with Crippen molar-refractivity contribution >= 4 is 5.97 Å². The molecule has 0 N–H and O–H groups in total. The Kier molecular flexibility index (Phi) is 3.19. The lowest BCUT2D eigenvalue weighted by atomic mass is 10.4. The largest absolute Gasteiger partial charge is 0.495 e. The van der Waals surface area contributed by atoms with Gasteiger partial charge in [-0.2, -0.15) is 5.10 Å². The van der Waals surface area contributed by atoms with Gasteiger partial charge in [-0.3, -0.25) is 0 Å². The number of aromatic nitrogens is 2. The molecule has 0 aliphatic heterocycles. The van der Waals surface area contributed by atoms with Crippen molar-refractivity contribution in [1.29, 1.82) is 0 Å². The molecule has 0 saturated heterocycles. The predicted octanol–water partition coefficient (Wildman–Crippen LogP) is 0.662. The predicted molar refractivity (Wildman–Crippen MR) is 44.5 cm³/mol. The molecule has 0 fully saturated rings. The molecule has 13 heavy (non-hydrogen) atoms. The number of carbonyl (C=O) groups excluding carboxylic acids is 1. The second kappa shape index (κ2) is 4.39. The number of hydrogen-bond donors (Lipinski definition) is 0. The van der Waals surface area contributed by atoms with Crippen LogP contribution in [0.1, 0.15) is 17.4 Å². The molecule has 0 aliphatic rings. The molecule has 1 aromatic rings. The molecule has 0 radical (unpaired) electrons. The molecular formula is C8H10N2O3. The lowest BCUT2D eigenvalue weighted by Gasteiger charge is -2.01. The Morgan fingerprint density at radius 2 is 2.38 bits per heavy atom. The summed E-state index contributed by atoms with van der Waals surface area (Å²) in [5.41, 5.74) is 0.154. The highest BCUT2D eigenvalue weighted by Crippen LogP contribution is 2.08. The molecule has 0 amide bonds. The van der Waals surface area contributed by atoms with E-state index in [1.54, 1.807) is 6.92 Å². The molecular weight excluding hydrogens is 172 g/mol. The highest BCUT2D eigenvalue weighted by molar-refractivity contribution is 5.87. The summed E-state index contributed by atoms with van der Waals surface area (Å²) < 4.78 is 9.60. The van der Waals surface area contributed by atoms with Gasteiger partial charge in [0.2, 0.25) is 0 Å². The van der Waals surface area contributed by atoms with E-state index in [4.69, 9.17) is 9.47 Å². The zero-order valence-corrected chi connectivity index (χ0v) is 7.48. The van der Waals surface area contributed by atoms with Crippen LogP contribution in [0.25, 0.3) is 0 Å². The number of hydrogen-bond acceptors (Lipinski definition) is 5. The highest BCUT2D eigenvalue weighted by atomic mass is 16.5. The summed E-state index contributed by atoms with van der Waals surface area (Å²) in [4.78, 5) is 11.1. The summed E-state index contributed by atoms with van der Waals surface area (Å²) in [6, 6.07) is 1.48. The Labute approximate surface area is 75.7 Å². The van der Waals surface area contributed by atoms with E-state index in [-0.39, 0.29) is 5.69 Å². The van der Waals surface area contributed by atoms with Gasteiger partial charge < -0.3 is 9.47 Å². The monoisotopic (exact) mass is 182 g/mol. The van der Waals surface area contributed by atoms with Crippen molar-refractivity contribution in [3.8, 4) is 5.75 Å². The van der Waals surface area contributed by atoms with Crippen molar-refractivity contribution < 1.29 is 14.3 Å². The van der Waals surface area contributed by atoms with E-state index in [9.17, 15) is 4.79 Å². The SMILES string of the molecule is CCOC(=O)c1cc(OC)cnn1. The molecule has 0 saturated carbocycles. The molecule has 0 bridgehead atoms. The number of rotatable bonds is 3. The minimum absolute atomic E-state index is 0.154. The molecule has 0 aromatic carbocycles. The fraction of sp³-hybridized carbons (Fsp3) is 0.375. The van der Waals surface area contributed by atoms with Crippen molar-refractivity contribution in [3.63, 3.8) is 0 Å². The van der Waals surface area contributed by atoms with Crippen molar-refractivity contribution in [1.82, 2.24) is 10.2 Å². The fourth-order valence-electron chi connectivity index (χ4n) is 0.765. The Morgan fingerprint density at radius 1 is 1.62 bits per heavy atom. The molecule has 0 spiro atoms. The van der Waals surface area contributed by atoms with E-state index in [2.05, 4.69) is 10.2 Å². The average molecular weight is 182 g/mol. The summed E-state index contributed by atoms with van der Waals surface area (Å²) in [5.74, 6) is -0.00745. The van der Waals surface area contributed by atoms with Gasteiger partial charge in [-0.25, -0.2) is 4.79 Å². The third-order valence-corrected chi connectivity index (χ3v) is 1.35. The number of esters is 1. The van der Waals surface area contributed by atoms with Crippen LogP contribution in [-0.4, -0.2) is 29.9 Å². The topological polar surface area (TPSA) is 61.3 Å². The molecule has 1 rings (SSSR count). The smallest absolute Gasteiger partial charge is 0.358 e. The Balaban J connectivity index is 2.82. The van der Waals surface area contributed by atoms with Gasteiger partial charge in [0.1, 0.15) is 5.75 Å². The molecule has 1 aromatic heterocycles. The lowest BCUT2D eigenvalue weighted by Crippen LogP contribution is -2.08. The van der Waals surface area contributed by atoms with Gasteiger partial charge in [-0.05, 0) is 6.92 Å². The van der Waals surface area contributed by atoms with Gasteiger partial charge in [0.05, 0.1) is 19.9 Å². The van der Waals surface area contributed by atoms with Crippen LogP contribution in [0.2, 0.25) is 0 Å². The highest BCUT2D eigenvalue weighted by Gasteiger charge is 2.09. The number of carbonyl (C=O) groups is 1. The lowest BCUT2D eigenvalue weighted by molar-refractivity contribution is 0.0517. The quantitative estimate of drug-likeness (QED) is 0.642. The number of nitrogens with zero attached hydrogens (tertiary/aromatic N) is 2. The molecule has 0 unspecified atom stereocenters. The van der Waals surface area contributed by atoms with Gasteiger partial charge >= 0.3 is 5.97 Å². The average Bonchev–Trinajstić information content (AvgIpc) is 2.18. The van der Waals surface area contributed by atoms with Crippen molar-refractivity contribution in [2.75, 3.05) is 13.7 Å². The molecule has 70 valence electrons.